The van der Waals surface area contributed by atoms with Gasteiger partial charge in [0, 0.05) is 29.6 Å². The first-order chi connectivity index (χ1) is 9.63. The van der Waals surface area contributed by atoms with Crippen molar-refractivity contribution in [3.05, 3.63) is 28.8 Å². The molecular formula is C14H16Cl2N4OS. The molecule has 2 aromatic rings. The third-order valence-corrected chi connectivity index (χ3v) is 3.68. The average Bonchev–Trinajstić information content (AvgIpc) is 2.95. The molecule has 2 N–H and O–H groups in total. The third kappa shape index (κ3) is 3.76. The van der Waals surface area contributed by atoms with Gasteiger partial charge in [0.25, 0.3) is 0 Å². The van der Waals surface area contributed by atoms with Gasteiger partial charge in [-0.05, 0) is 32.1 Å². The highest BCUT2D eigenvalue weighted by molar-refractivity contribution is 7.16. The fraction of sp³-hybridized carbons (Fsp3) is 0.214. The maximum absolute atomic E-state index is 9.91. The van der Waals surface area contributed by atoms with Gasteiger partial charge in [-0.25, -0.2) is 9.98 Å². The van der Waals surface area contributed by atoms with Crippen LogP contribution in [0.15, 0.2) is 23.3 Å². The van der Waals surface area contributed by atoms with E-state index < -0.39 is 0 Å². The molecule has 0 aliphatic carbocycles. The number of aromatic nitrogens is 2. The van der Waals surface area contributed by atoms with Gasteiger partial charge in [0.15, 0.2) is 10.9 Å². The number of aliphatic imine (C=N–C) groups is 1. The Bertz CT molecular complexity index is 713. The van der Waals surface area contributed by atoms with Crippen LogP contribution in [0.1, 0.15) is 24.3 Å². The van der Waals surface area contributed by atoms with Crippen LogP contribution in [-0.4, -0.2) is 27.3 Å². The van der Waals surface area contributed by atoms with Crippen molar-refractivity contribution in [2.24, 2.45) is 4.99 Å². The zero-order chi connectivity index (χ0) is 14.1. The van der Waals surface area contributed by atoms with Crippen molar-refractivity contribution in [3.8, 4) is 5.88 Å². The van der Waals surface area contributed by atoms with Gasteiger partial charge in [0.2, 0.25) is 5.88 Å². The number of fused-ring (bicyclic) bond motifs is 1. The predicted molar refractivity (Wildman–Crippen MR) is 97.3 cm³/mol. The van der Waals surface area contributed by atoms with Gasteiger partial charge < -0.3 is 10.4 Å². The van der Waals surface area contributed by atoms with Gasteiger partial charge in [0.1, 0.15) is 0 Å². The van der Waals surface area contributed by atoms with Gasteiger partial charge in [0.05, 0.1) is 4.88 Å². The van der Waals surface area contributed by atoms with E-state index in [9.17, 15) is 5.11 Å². The van der Waals surface area contributed by atoms with Crippen molar-refractivity contribution < 1.29 is 5.11 Å². The molecule has 3 rings (SSSR count). The van der Waals surface area contributed by atoms with Gasteiger partial charge in [-0.15, -0.1) is 24.8 Å². The summed E-state index contributed by atoms with van der Waals surface area (Å²) in [6, 6.07) is 4.12. The van der Waals surface area contributed by atoms with Crippen LogP contribution in [0.25, 0.3) is 11.6 Å². The summed E-state index contributed by atoms with van der Waals surface area (Å²) in [5.41, 5.74) is 1.90. The molecule has 0 amide bonds. The van der Waals surface area contributed by atoms with Gasteiger partial charge in [-0.1, -0.05) is 11.3 Å². The molecule has 0 fully saturated rings. The molecule has 0 atom stereocenters. The van der Waals surface area contributed by atoms with E-state index in [4.69, 9.17) is 0 Å². The second-order valence-electron chi connectivity index (χ2n) is 4.74. The Morgan fingerprint density at radius 3 is 2.82 bits per heavy atom. The number of nitrogens with one attached hydrogen (secondary N) is 1. The molecule has 22 heavy (non-hydrogen) atoms. The average molecular weight is 359 g/mol. The van der Waals surface area contributed by atoms with Crippen LogP contribution >= 0.6 is 36.2 Å². The standard InChI is InChI=1S/C14H14N4OS.2ClH/c1-8(2)17-14-18-13(19)11(20-14)6-9-7-16-12-10(9)4-3-5-15-12;;/h3-8,19H,1-2H3,(H,17,18);2*1H. The van der Waals surface area contributed by atoms with Crippen molar-refractivity contribution in [1.82, 2.24) is 9.97 Å². The maximum Gasteiger partial charge on any atom is 0.231 e. The van der Waals surface area contributed by atoms with E-state index in [1.165, 1.54) is 11.3 Å². The lowest BCUT2D eigenvalue weighted by molar-refractivity contribution is 0.456. The number of halogens is 2. The summed E-state index contributed by atoms with van der Waals surface area (Å²) in [6.45, 7) is 4.06. The van der Waals surface area contributed by atoms with Crippen LogP contribution in [0.3, 0.4) is 0 Å². The summed E-state index contributed by atoms with van der Waals surface area (Å²) >= 11 is 1.42. The van der Waals surface area contributed by atoms with E-state index in [0.717, 1.165) is 11.1 Å². The monoisotopic (exact) mass is 358 g/mol. The van der Waals surface area contributed by atoms with Crippen LogP contribution in [0.2, 0.25) is 0 Å². The number of rotatable bonds is 3. The lowest BCUT2D eigenvalue weighted by atomic mass is 10.1. The van der Waals surface area contributed by atoms with Crippen LogP contribution in [0.4, 0.5) is 10.9 Å². The minimum atomic E-state index is 0. The van der Waals surface area contributed by atoms with E-state index in [1.54, 1.807) is 12.4 Å². The number of nitrogens with zero attached hydrogens (tertiary/aromatic N) is 3. The number of hydrogen-bond donors (Lipinski definition) is 2. The van der Waals surface area contributed by atoms with E-state index in [0.29, 0.717) is 15.8 Å². The fourth-order valence-corrected chi connectivity index (χ4v) is 2.87. The van der Waals surface area contributed by atoms with Gasteiger partial charge >= 0.3 is 0 Å². The van der Waals surface area contributed by atoms with Crippen molar-refractivity contribution in [2.75, 3.05) is 5.32 Å². The van der Waals surface area contributed by atoms with Crippen molar-refractivity contribution >= 4 is 65.0 Å². The van der Waals surface area contributed by atoms with E-state index in [-0.39, 0.29) is 36.7 Å². The minimum absolute atomic E-state index is 0. The molecule has 118 valence electrons. The Morgan fingerprint density at radius 2 is 2.09 bits per heavy atom. The molecular weight excluding hydrogens is 343 g/mol. The molecule has 0 aromatic carbocycles. The molecule has 0 saturated carbocycles. The molecule has 1 aliphatic heterocycles. The normalized spacial score (nSPS) is 13.7. The molecule has 0 bridgehead atoms. The lowest BCUT2D eigenvalue weighted by Gasteiger charge is -2.03. The van der Waals surface area contributed by atoms with E-state index in [1.807, 2.05) is 32.1 Å². The van der Waals surface area contributed by atoms with Crippen LogP contribution in [-0.2, 0) is 0 Å². The van der Waals surface area contributed by atoms with Gasteiger partial charge in [-0.3, -0.25) is 0 Å². The Morgan fingerprint density at radius 1 is 1.32 bits per heavy atom. The zero-order valence-electron chi connectivity index (χ0n) is 12.0. The summed E-state index contributed by atoms with van der Waals surface area (Å²) in [7, 11) is 0. The first-order valence-electron chi connectivity index (χ1n) is 6.31. The summed E-state index contributed by atoms with van der Waals surface area (Å²) in [5, 5.41) is 13.8. The molecule has 8 heteroatoms. The second kappa shape index (κ2) is 7.58. The number of thiazole rings is 1. The summed E-state index contributed by atoms with van der Waals surface area (Å²) < 4.78 is 0. The Balaban J connectivity index is 0.00000121. The van der Waals surface area contributed by atoms with Crippen LogP contribution in [0.5, 0.6) is 5.88 Å². The Kier molecular flexibility index (Phi) is 6.34. The largest absolute Gasteiger partial charge is 0.492 e. The Hall–Kier alpha value is -1.63. The highest BCUT2D eigenvalue weighted by Crippen LogP contribution is 2.35. The fourth-order valence-electron chi connectivity index (χ4n) is 1.91. The topological polar surface area (TPSA) is 70.4 Å². The molecule has 0 radical (unpaired) electrons. The molecule has 0 spiro atoms. The molecule has 0 saturated heterocycles. The predicted octanol–water partition coefficient (Wildman–Crippen LogP) is 4.16. The van der Waals surface area contributed by atoms with Crippen molar-refractivity contribution in [3.63, 3.8) is 0 Å². The number of hydrogen-bond acceptors (Lipinski definition) is 6. The quantitative estimate of drug-likeness (QED) is 0.863. The first kappa shape index (κ1) is 18.4. The van der Waals surface area contributed by atoms with Crippen LogP contribution in [0, 0.1) is 0 Å². The van der Waals surface area contributed by atoms with Crippen LogP contribution < -0.4 is 5.32 Å². The van der Waals surface area contributed by atoms with E-state index in [2.05, 4.69) is 20.3 Å². The van der Waals surface area contributed by atoms with E-state index >= 15 is 0 Å². The van der Waals surface area contributed by atoms with Crippen molar-refractivity contribution in [2.45, 2.75) is 19.9 Å². The smallest absolute Gasteiger partial charge is 0.231 e. The van der Waals surface area contributed by atoms with Crippen molar-refractivity contribution in [1.29, 1.82) is 0 Å². The Labute approximate surface area is 145 Å². The highest BCUT2D eigenvalue weighted by Gasteiger charge is 2.15. The summed E-state index contributed by atoms with van der Waals surface area (Å²) in [4.78, 5) is 13.3. The first-order valence-corrected chi connectivity index (χ1v) is 7.12. The number of aromatic hydroxyl groups is 1. The van der Waals surface area contributed by atoms with Gasteiger partial charge in [-0.2, -0.15) is 4.98 Å². The molecule has 0 unspecified atom stereocenters. The summed E-state index contributed by atoms with van der Waals surface area (Å²) in [6.07, 6.45) is 5.36. The molecule has 2 aromatic heterocycles. The molecule has 5 nitrogen and oxygen atoms in total. The summed E-state index contributed by atoms with van der Waals surface area (Å²) in [5.74, 6) is 0.750. The third-order valence-electron chi connectivity index (χ3n) is 2.76. The SMILES string of the molecule is CC(C)Nc1nc(O)c(C=C2C=Nc3ncccc32)s1.Cl.Cl. The second-order valence-corrected chi connectivity index (χ2v) is 5.77. The lowest BCUT2D eigenvalue weighted by Crippen LogP contribution is -2.08. The molecule has 3 heterocycles. The zero-order valence-corrected chi connectivity index (χ0v) is 14.4. The number of pyridine rings is 1. The highest BCUT2D eigenvalue weighted by atomic mass is 35.5. The molecule has 1 aliphatic rings. The number of anilines is 1. The maximum atomic E-state index is 9.91. The minimum Gasteiger partial charge on any atom is -0.492 e. The number of allylic oxidation sites excluding steroid dienone is 1.